The SMILES string of the molecule is O=C1NCCc2cc(NC(CCNc3ccccn3)Cc3ccccc3)ccc21. The number of fused-ring (bicyclic) bond motifs is 1. The fourth-order valence-electron chi connectivity index (χ4n) is 3.72. The van der Waals surface area contributed by atoms with Gasteiger partial charge in [0.25, 0.3) is 5.91 Å². The van der Waals surface area contributed by atoms with Gasteiger partial charge in [0, 0.05) is 36.6 Å². The van der Waals surface area contributed by atoms with Gasteiger partial charge in [0.1, 0.15) is 5.82 Å². The van der Waals surface area contributed by atoms with Crippen LogP contribution in [-0.2, 0) is 12.8 Å². The Balaban J connectivity index is 1.45. The Kier molecular flexibility index (Phi) is 6.05. The Hall–Kier alpha value is -3.34. The molecule has 1 aliphatic heterocycles. The van der Waals surface area contributed by atoms with Gasteiger partial charge in [0.2, 0.25) is 0 Å². The molecule has 2 aromatic carbocycles. The number of pyridine rings is 1. The second-order valence-corrected chi connectivity index (χ2v) is 7.34. The molecule has 0 fully saturated rings. The van der Waals surface area contributed by atoms with Gasteiger partial charge in [0.05, 0.1) is 0 Å². The second kappa shape index (κ2) is 9.24. The number of rotatable bonds is 8. The van der Waals surface area contributed by atoms with Crippen LogP contribution in [0.1, 0.15) is 27.9 Å². The van der Waals surface area contributed by atoms with Crippen LogP contribution < -0.4 is 16.0 Å². The van der Waals surface area contributed by atoms with Crippen molar-refractivity contribution in [1.29, 1.82) is 0 Å². The van der Waals surface area contributed by atoms with Crippen molar-refractivity contribution in [2.45, 2.75) is 25.3 Å². The van der Waals surface area contributed by atoms with Crippen LogP contribution >= 0.6 is 0 Å². The zero-order chi connectivity index (χ0) is 19.9. The second-order valence-electron chi connectivity index (χ2n) is 7.34. The zero-order valence-corrected chi connectivity index (χ0v) is 16.4. The fourth-order valence-corrected chi connectivity index (χ4v) is 3.72. The molecule has 0 bridgehead atoms. The summed E-state index contributed by atoms with van der Waals surface area (Å²) in [5, 5.41) is 9.99. The summed E-state index contributed by atoms with van der Waals surface area (Å²) < 4.78 is 0. The molecule has 1 atom stereocenters. The number of benzene rings is 2. The molecule has 2 heterocycles. The Morgan fingerprint density at radius 3 is 2.72 bits per heavy atom. The van der Waals surface area contributed by atoms with Gasteiger partial charge in [-0.3, -0.25) is 4.79 Å². The first-order valence-corrected chi connectivity index (χ1v) is 10.1. The molecule has 0 radical (unpaired) electrons. The van der Waals surface area contributed by atoms with Crippen molar-refractivity contribution in [1.82, 2.24) is 10.3 Å². The molecule has 5 heteroatoms. The van der Waals surface area contributed by atoms with Crippen LogP contribution in [0.3, 0.4) is 0 Å². The summed E-state index contributed by atoms with van der Waals surface area (Å²) in [7, 11) is 0. The van der Waals surface area contributed by atoms with Crippen molar-refractivity contribution in [3.8, 4) is 0 Å². The molecule has 3 N–H and O–H groups in total. The molecule has 0 aliphatic carbocycles. The van der Waals surface area contributed by atoms with E-state index in [1.165, 1.54) is 5.56 Å². The molecule has 0 saturated heterocycles. The van der Waals surface area contributed by atoms with E-state index in [9.17, 15) is 4.79 Å². The van der Waals surface area contributed by atoms with Crippen LogP contribution in [0.2, 0.25) is 0 Å². The van der Waals surface area contributed by atoms with E-state index in [1.807, 2.05) is 36.4 Å². The van der Waals surface area contributed by atoms with Crippen LogP contribution in [0.4, 0.5) is 11.5 Å². The average molecular weight is 386 g/mol. The minimum absolute atomic E-state index is 0.0261. The summed E-state index contributed by atoms with van der Waals surface area (Å²) in [6.07, 6.45) is 4.55. The predicted octanol–water partition coefficient (Wildman–Crippen LogP) is 3.89. The average Bonchev–Trinajstić information content (AvgIpc) is 2.75. The minimum atomic E-state index is 0.0261. The Morgan fingerprint density at radius 1 is 1.03 bits per heavy atom. The molecule has 0 saturated carbocycles. The summed E-state index contributed by atoms with van der Waals surface area (Å²) in [5.41, 5.74) is 4.28. The van der Waals surface area contributed by atoms with Crippen LogP contribution in [0.5, 0.6) is 0 Å². The molecule has 1 aliphatic rings. The highest BCUT2D eigenvalue weighted by atomic mass is 16.1. The van der Waals surface area contributed by atoms with Gasteiger partial charge in [-0.05, 0) is 60.7 Å². The Labute approximate surface area is 171 Å². The van der Waals surface area contributed by atoms with Gasteiger partial charge in [-0.2, -0.15) is 0 Å². The minimum Gasteiger partial charge on any atom is -0.382 e. The monoisotopic (exact) mass is 386 g/mol. The predicted molar refractivity (Wildman–Crippen MR) is 117 cm³/mol. The molecule has 1 aromatic heterocycles. The largest absolute Gasteiger partial charge is 0.382 e. The summed E-state index contributed by atoms with van der Waals surface area (Å²) >= 11 is 0. The van der Waals surface area contributed by atoms with Gasteiger partial charge in [-0.1, -0.05) is 36.4 Å². The molecule has 4 rings (SSSR count). The molecule has 1 amide bonds. The first-order valence-electron chi connectivity index (χ1n) is 10.1. The van der Waals surface area contributed by atoms with E-state index >= 15 is 0 Å². The lowest BCUT2D eigenvalue weighted by Gasteiger charge is -2.23. The van der Waals surface area contributed by atoms with Crippen molar-refractivity contribution in [2.75, 3.05) is 23.7 Å². The van der Waals surface area contributed by atoms with Gasteiger partial charge in [0.15, 0.2) is 0 Å². The third-order valence-electron chi connectivity index (χ3n) is 5.19. The Bertz CT molecular complexity index is 944. The molecule has 29 heavy (non-hydrogen) atoms. The summed E-state index contributed by atoms with van der Waals surface area (Å²) in [5.74, 6) is 0.920. The smallest absolute Gasteiger partial charge is 0.251 e. The number of nitrogens with zero attached hydrogens (tertiary/aromatic N) is 1. The van der Waals surface area contributed by atoms with Crippen LogP contribution in [0.25, 0.3) is 0 Å². The van der Waals surface area contributed by atoms with E-state index < -0.39 is 0 Å². The van der Waals surface area contributed by atoms with E-state index in [-0.39, 0.29) is 11.9 Å². The van der Waals surface area contributed by atoms with Crippen molar-refractivity contribution >= 4 is 17.4 Å². The Morgan fingerprint density at radius 2 is 1.90 bits per heavy atom. The molecular weight excluding hydrogens is 360 g/mol. The van der Waals surface area contributed by atoms with Gasteiger partial charge in [-0.15, -0.1) is 0 Å². The zero-order valence-electron chi connectivity index (χ0n) is 16.4. The van der Waals surface area contributed by atoms with E-state index in [0.717, 1.165) is 48.4 Å². The fraction of sp³-hybridized carbons (Fsp3) is 0.250. The standard InChI is InChI=1S/C24H26N4O/c29-24-22-10-9-20(17-19(22)11-14-27-24)28-21(16-18-6-2-1-3-7-18)12-15-26-23-8-4-5-13-25-23/h1-10,13,17,21,28H,11-12,14-16H2,(H,25,26)(H,27,29). The van der Waals surface area contributed by atoms with Gasteiger partial charge >= 0.3 is 0 Å². The first-order chi connectivity index (χ1) is 14.3. The number of carbonyl (C=O) groups is 1. The molecule has 148 valence electrons. The molecule has 0 spiro atoms. The normalized spacial score (nSPS) is 13.9. The lowest BCUT2D eigenvalue weighted by atomic mass is 9.98. The summed E-state index contributed by atoms with van der Waals surface area (Å²) in [4.78, 5) is 16.3. The topological polar surface area (TPSA) is 66.1 Å². The maximum atomic E-state index is 12.0. The number of hydrogen-bond donors (Lipinski definition) is 3. The third-order valence-corrected chi connectivity index (χ3v) is 5.19. The van der Waals surface area contributed by atoms with Crippen molar-refractivity contribution in [2.24, 2.45) is 0 Å². The molecule has 1 unspecified atom stereocenters. The quantitative estimate of drug-likeness (QED) is 0.549. The van der Waals surface area contributed by atoms with Crippen molar-refractivity contribution in [3.05, 3.63) is 89.6 Å². The van der Waals surface area contributed by atoms with Crippen molar-refractivity contribution in [3.63, 3.8) is 0 Å². The third kappa shape index (κ3) is 5.13. The number of nitrogens with one attached hydrogen (secondary N) is 3. The molecule has 5 nitrogen and oxygen atoms in total. The number of aromatic nitrogens is 1. The first kappa shape index (κ1) is 19.0. The van der Waals surface area contributed by atoms with Gasteiger partial charge in [-0.25, -0.2) is 4.98 Å². The number of hydrogen-bond acceptors (Lipinski definition) is 4. The maximum absolute atomic E-state index is 12.0. The van der Waals surface area contributed by atoms with E-state index in [4.69, 9.17) is 0 Å². The molecular formula is C24H26N4O. The maximum Gasteiger partial charge on any atom is 0.251 e. The van der Waals surface area contributed by atoms with Gasteiger partial charge < -0.3 is 16.0 Å². The lowest BCUT2D eigenvalue weighted by molar-refractivity contribution is 0.0946. The highest BCUT2D eigenvalue weighted by Gasteiger charge is 2.17. The van der Waals surface area contributed by atoms with E-state index in [0.29, 0.717) is 6.54 Å². The number of carbonyl (C=O) groups excluding carboxylic acids is 1. The lowest BCUT2D eigenvalue weighted by Crippen LogP contribution is -2.32. The van der Waals surface area contributed by atoms with Crippen LogP contribution in [0, 0.1) is 0 Å². The van der Waals surface area contributed by atoms with Crippen molar-refractivity contribution < 1.29 is 4.79 Å². The summed E-state index contributed by atoms with van der Waals surface area (Å²) in [6, 6.07) is 22.7. The highest BCUT2D eigenvalue weighted by molar-refractivity contribution is 5.97. The highest BCUT2D eigenvalue weighted by Crippen LogP contribution is 2.21. The number of anilines is 2. The van der Waals surface area contributed by atoms with Crippen LogP contribution in [-0.4, -0.2) is 30.0 Å². The molecule has 3 aromatic rings. The van der Waals surface area contributed by atoms with Crippen LogP contribution in [0.15, 0.2) is 72.9 Å². The number of amides is 1. The van der Waals surface area contributed by atoms with E-state index in [2.05, 4.69) is 51.3 Å². The van der Waals surface area contributed by atoms with E-state index in [1.54, 1.807) is 6.20 Å². The summed E-state index contributed by atoms with van der Waals surface area (Å²) in [6.45, 7) is 1.53.